The van der Waals surface area contributed by atoms with E-state index in [2.05, 4.69) is 48.9 Å². The van der Waals surface area contributed by atoms with E-state index in [0.29, 0.717) is 24.5 Å². The van der Waals surface area contributed by atoms with Crippen molar-refractivity contribution in [1.82, 2.24) is 15.5 Å². The molecule has 0 atom stereocenters. The molecular formula is C12H15BrN4OS. The van der Waals surface area contributed by atoms with E-state index >= 15 is 0 Å². The molecule has 0 aliphatic heterocycles. The standard InChI is InChI=1S/C12H15BrN4OS/c13-10-4-3-9(19-10)5-6-14-12-17-16-11(18-12)7-15-8-1-2-8/h3-4,8,15H,1-2,5-7H2,(H,14,17). The van der Waals surface area contributed by atoms with Crippen LogP contribution in [0.2, 0.25) is 0 Å². The number of hydrogen-bond donors (Lipinski definition) is 2. The second-order valence-corrected chi connectivity index (χ2v) is 7.09. The Morgan fingerprint density at radius 2 is 2.26 bits per heavy atom. The largest absolute Gasteiger partial charge is 0.407 e. The number of thiophene rings is 1. The van der Waals surface area contributed by atoms with Gasteiger partial charge in [0.15, 0.2) is 0 Å². The van der Waals surface area contributed by atoms with E-state index in [0.717, 1.165) is 16.8 Å². The van der Waals surface area contributed by atoms with Gasteiger partial charge in [0, 0.05) is 17.5 Å². The first-order valence-electron chi connectivity index (χ1n) is 6.33. The Balaban J connectivity index is 1.41. The minimum atomic E-state index is 0.503. The molecule has 2 heterocycles. The fourth-order valence-corrected chi connectivity index (χ4v) is 3.18. The Labute approximate surface area is 123 Å². The van der Waals surface area contributed by atoms with Crippen molar-refractivity contribution in [2.75, 3.05) is 11.9 Å². The lowest BCUT2D eigenvalue weighted by Crippen LogP contribution is -2.15. The van der Waals surface area contributed by atoms with Crippen molar-refractivity contribution in [3.05, 3.63) is 26.7 Å². The lowest BCUT2D eigenvalue weighted by atomic mass is 10.3. The third-order valence-corrected chi connectivity index (χ3v) is 4.55. The van der Waals surface area contributed by atoms with Gasteiger partial charge in [-0.2, -0.15) is 0 Å². The highest BCUT2D eigenvalue weighted by molar-refractivity contribution is 9.11. The second kappa shape index (κ2) is 6.02. The summed E-state index contributed by atoms with van der Waals surface area (Å²) in [5.41, 5.74) is 0. The van der Waals surface area contributed by atoms with Gasteiger partial charge in [0.05, 0.1) is 10.3 Å². The van der Waals surface area contributed by atoms with Gasteiger partial charge in [-0.1, -0.05) is 5.10 Å². The molecule has 1 fully saturated rings. The monoisotopic (exact) mass is 342 g/mol. The fourth-order valence-electron chi connectivity index (χ4n) is 1.69. The molecule has 5 nitrogen and oxygen atoms in total. The zero-order chi connectivity index (χ0) is 13.1. The van der Waals surface area contributed by atoms with Gasteiger partial charge in [-0.15, -0.1) is 16.4 Å². The first-order valence-corrected chi connectivity index (χ1v) is 7.94. The van der Waals surface area contributed by atoms with E-state index < -0.39 is 0 Å². The summed E-state index contributed by atoms with van der Waals surface area (Å²) < 4.78 is 6.66. The highest BCUT2D eigenvalue weighted by Gasteiger charge is 2.21. The summed E-state index contributed by atoms with van der Waals surface area (Å²) in [5, 5.41) is 14.5. The van der Waals surface area contributed by atoms with E-state index in [4.69, 9.17) is 4.42 Å². The summed E-state index contributed by atoms with van der Waals surface area (Å²) >= 11 is 5.20. The molecule has 102 valence electrons. The molecule has 0 radical (unpaired) electrons. The Morgan fingerprint density at radius 1 is 1.37 bits per heavy atom. The highest BCUT2D eigenvalue weighted by atomic mass is 79.9. The van der Waals surface area contributed by atoms with E-state index in [1.165, 1.54) is 17.7 Å². The second-order valence-electron chi connectivity index (χ2n) is 4.54. The van der Waals surface area contributed by atoms with Gasteiger partial charge in [-0.25, -0.2) is 0 Å². The topological polar surface area (TPSA) is 63.0 Å². The van der Waals surface area contributed by atoms with Crippen molar-refractivity contribution < 1.29 is 4.42 Å². The number of anilines is 1. The van der Waals surface area contributed by atoms with Crippen LogP contribution in [0, 0.1) is 0 Å². The maximum absolute atomic E-state index is 5.50. The Hall–Kier alpha value is -0.920. The van der Waals surface area contributed by atoms with Crippen LogP contribution < -0.4 is 10.6 Å². The Morgan fingerprint density at radius 3 is 3.00 bits per heavy atom. The molecule has 0 amide bonds. The van der Waals surface area contributed by atoms with Crippen molar-refractivity contribution in [3.8, 4) is 0 Å². The van der Waals surface area contributed by atoms with Gasteiger partial charge in [0.25, 0.3) is 0 Å². The quantitative estimate of drug-likeness (QED) is 0.809. The smallest absolute Gasteiger partial charge is 0.315 e. The van der Waals surface area contributed by atoms with Crippen LogP contribution in [0.4, 0.5) is 6.01 Å². The van der Waals surface area contributed by atoms with Crippen LogP contribution in [0.25, 0.3) is 0 Å². The third kappa shape index (κ3) is 4.02. The Bertz CT molecular complexity index is 537. The molecule has 1 saturated carbocycles. The summed E-state index contributed by atoms with van der Waals surface area (Å²) in [4.78, 5) is 1.33. The number of hydrogen-bond acceptors (Lipinski definition) is 6. The van der Waals surface area contributed by atoms with Gasteiger partial charge >= 0.3 is 6.01 Å². The van der Waals surface area contributed by atoms with Gasteiger partial charge in [0.1, 0.15) is 0 Å². The van der Waals surface area contributed by atoms with E-state index in [1.807, 2.05) is 0 Å². The summed E-state index contributed by atoms with van der Waals surface area (Å²) in [7, 11) is 0. The zero-order valence-electron chi connectivity index (χ0n) is 10.4. The highest BCUT2D eigenvalue weighted by Crippen LogP contribution is 2.22. The first kappa shape index (κ1) is 13.1. The molecule has 0 saturated heterocycles. The molecule has 1 aliphatic rings. The van der Waals surface area contributed by atoms with Crippen LogP contribution in [0.3, 0.4) is 0 Å². The van der Waals surface area contributed by atoms with Crippen LogP contribution in [0.5, 0.6) is 0 Å². The Kier molecular flexibility index (Phi) is 4.15. The number of rotatable bonds is 7. The number of aromatic nitrogens is 2. The average Bonchev–Trinajstić information content (AvgIpc) is 2.97. The van der Waals surface area contributed by atoms with Crippen molar-refractivity contribution in [1.29, 1.82) is 0 Å². The van der Waals surface area contributed by atoms with Crippen LogP contribution in [-0.4, -0.2) is 22.8 Å². The van der Waals surface area contributed by atoms with E-state index in [-0.39, 0.29) is 0 Å². The molecule has 0 aromatic carbocycles. The molecule has 0 spiro atoms. The van der Waals surface area contributed by atoms with Gasteiger partial charge in [-0.3, -0.25) is 0 Å². The molecule has 2 aromatic rings. The maximum atomic E-state index is 5.50. The summed E-state index contributed by atoms with van der Waals surface area (Å²) in [6, 6.07) is 5.34. The van der Waals surface area contributed by atoms with Crippen molar-refractivity contribution in [2.24, 2.45) is 0 Å². The predicted octanol–water partition coefficient (Wildman–Crippen LogP) is 2.80. The molecule has 0 bridgehead atoms. The van der Waals surface area contributed by atoms with Crippen LogP contribution in [0.15, 0.2) is 20.3 Å². The van der Waals surface area contributed by atoms with Crippen LogP contribution >= 0.6 is 27.3 Å². The molecule has 7 heteroatoms. The van der Waals surface area contributed by atoms with E-state index in [1.54, 1.807) is 11.3 Å². The fraction of sp³-hybridized carbons (Fsp3) is 0.500. The summed E-state index contributed by atoms with van der Waals surface area (Å²) in [6.45, 7) is 1.46. The minimum Gasteiger partial charge on any atom is -0.407 e. The molecule has 0 unspecified atom stereocenters. The lowest BCUT2D eigenvalue weighted by molar-refractivity contribution is 0.476. The average molecular weight is 343 g/mol. The molecule has 1 aliphatic carbocycles. The molecule has 2 N–H and O–H groups in total. The third-order valence-electron chi connectivity index (χ3n) is 2.86. The summed E-state index contributed by atoms with van der Waals surface area (Å²) in [6.07, 6.45) is 3.47. The van der Waals surface area contributed by atoms with E-state index in [9.17, 15) is 0 Å². The zero-order valence-corrected chi connectivity index (χ0v) is 12.8. The predicted molar refractivity (Wildman–Crippen MR) is 78.4 cm³/mol. The number of nitrogens with one attached hydrogen (secondary N) is 2. The van der Waals surface area contributed by atoms with Gasteiger partial charge < -0.3 is 15.1 Å². The van der Waals surface area contributed by atoms with Crippen molar-refractivity contribution in [3.63, 3.8) is 0 Å². The molecule has 19 heavy (non-hydrogen) atoms. The van der Waals surface area contributed by atoms with Crippen LogP contribution in [0.1, 0.15) is 23.6 Å². The lowest BCUT2D eigenvalue weighted by Gasteiger charge is -1.99. The number of halogens is 1. The van der Waals surface area contributed by atoms with Crippen molar-refractivity contribution in [2.45, 2.75) is 31.8 Å². The SMILES string of the molecule is Brc1ccc(CCNc2nnc(CNC3CC3)o2)s1. The minimum absolute atomic E-state index is 0.503. The molecular weight excluding hydrogens is 328 g/mol. The normalized spacial score (nSPS) is 14.8. The molecule has 2 aromatic heterocycles. The van der Waals surface area contributed by atoms with Gasteiger partial charge in [-0.05, 0) is 47.3 Å². The molecule has 3 rings (SSSR count). The summed E-state index contributed by atoms with van der Waals surface area (Å²) in [5.74, 6) is 0.647. The van der Waals surface area contributed by atoms with Crippen molar-refractivity contribution >= 4 is 33.3 Å². The first-order chi connectivity index (χ1) is 9.29. The van der Waals surface area contributed by atoms with Crippen LogP contribution in [-0.2, 0) is 13.0 Å². The maximum Gasteiger partial charge on any atom is 0.315 e. The van der Waals surface area contributed by atoms with Gasteiger partial charge in [0.2, 0.25) is 5.89 Å². The number of nitrogens with zero attached hydrogens (tertiary/aromatic N) is 2.